The third-order valence-corrected chi connectivity index (χ3v) is 6.84. The van der Waals surface area contributed by atoms with E-state index in [-0.39, 0.29) is 5.57 Å². The number of anilines is 1. The number of aromatic nitrogens is 1. The number of halogens is 1. The van der Waals surface area contributed by atoms with Gasteiger partial charge in [-0.15, -0.1) is 0 Å². The molecule has 1 saturated heterocycles. The number of pyridine rings is 1. The minimum atomic E-state index is 0.0357. The van der Waals surface area contributed by atoms with Crippen molar-refractivity contribution in [3.63, 3.8) is 0 Å². The zero-order valence-corrected chi connectivity index (χ0v) is 17.9. The van der Waals surface area contributed by atoms with Gasteiger partial charge in [0.05, 0.1) is 16.2 Å². The molecular weight excluding hydrogens is 414 g/mol. The Labute approximate surface area is 178 Å². The first kappa shape index (κ1) is 21.0. The zero-order valence-electron chi connectivity index (χ0n) is 15.6. The Morgan fingerprint density at radius 3 is 3.00 bits per heavy atom. The molecule has 1 aliphatic rings. The van der Waals surface area contributed by atoms with Gasteiger partial charge in [0.15, 0.2) is 6.29 Å². The summed E-state index contributed by atoms with van der Waals surface area (Å²) in [6.07, 6.45) is 5.38. The van der Waals surface area contributed by atoms with Crippen molar-refractivity contribution in [2.45, 2.75) is 12.5 Å². The summed E-state index contributed by atoms with van der Waals surface area (Å²) in [4.78, 5) is 15.9. The molecule has 3 rings (SSSR count). The Morgan fingerprint density at radius 1 is 1.50 bits per heavy atom. The van der Waals surface area contributed by atoms with Crippen LogP contribution in [0.15, 0.2) is 41.1 Å². The van der Waals surface area contributed by atoms with E-state index in [1.807, 2.05) is 31.3 Å². The van der Waals surface area contributed by atoms with Gasteiger partial charge in [0, 0.05) is 30.7 Å². The van der Waals surface area contributed by atoms with Gasteiger partial charge in [0.2, 0.25) is 0 Å². The highest BCUT2D eigenvalue weighted by molar-refractivity contribution is 8.01. The molecule has 9 heteroatoms. The third kappa shape index (κ3) is 4.62. The maximum atomic E-state index is 11.5. The predicted octanol–water partition coefficient (Wildman–Crippen LogP) is 4.17. The maximum absolute atomic E-state index is 11.5. The van der Waals surface area contributed by atoms with Crippen LogP contribution in [0.5, 0.6) is 0 Å². The van der Waals surface area contributed by atoms with Gasteiger partial charge in [-0.3, -0.25) is 9.78 Å². The Balaban J connectivity index is 1.91. The molecule has 1 aromatic carbocycles. The number of allylic oxidation sites excluding steroid dienone is 1. The predicted molar refractivity (Wildman–Crippen MR) is 118 cm³/mol. The SMILES string of the molecule is CSN1CCC(N(C)S/C(Nc2c(Cl)ccc3ncccc23)=C(/C#N)C=O)C1. The highest BCUT2D eigenvalue weighted by Crippen LogP contribution is 2.35. The summed E-state index contributed by atoms with van der Waals surface area (Å²) >= 11 is 9.51. The second kappa shape index (κ2) is 9.63. The van der Waals surface area contributed by atoms with E-state index >= 15 is 0 Å². The van der Waals surface area contributed by atoms with E-state index < -0.39 is 0 Å². The number of aldehydes is 1. The summed E-state index contributed by atoms with van der Waals surface area (Å²) in [7, 11) is 1.98. The molecule has 1 aliphatic heterocycles. The number of nitrogens with one attached hydrogen (secondary N) is 1. The zero-order chi connectivity index (χ0) is 20.1. The first-order valence-electron chi connectivity index (χ1n) is 8.67. The minimum Gasteiger partial charge on any atom is -0.346 e. The van der Waals surface area contributed by atoms with E-state index in [2.05, 4.69) is 25.2 Å². The molecule has 0 spiro atoms. The Hall–Kier alpha value is -1.76. The van der Waals surface area contributed by atoms with Crippen molar-refractivity contribution in [3.05, 3.63) is 46.1 Å². The van der Waals surface area contributed by atoms with Crippen molar-refractivity contribution in [2.75, 3.05) is 31.7 Å². The lowest BCUT2D eigenvalue weighted by Crippen LogP contribution is -2.29. The van der Waals surface area contributed by atoms with Gasteiger partial charge in [-0.25, -0.2) is 8.61 Å². The first-order chi connectivity index (χ1) is 13.6. The van der Waals surface area contributed by atoms with Gasteiger partial charge in [-0.2, -0.15) is 5.26 Å². The second-order valence-electron chi connectivity index (χ2n) is 6.24. The Kier molecular flexibility index (Phi) is 7.21. The van der Waals surface area contributed by atoms with Crippen molar-refractivity contribution in [3.8, 4) is 6.07 Å². The van der Waals surface area contributed by atoms with Crippen LogP contribution in [0, 0.1) is 11.3 Å². The molecule has 6 nitrogen and oxygen atoms in total. The van der Waals surface area contributed by atoms with Crippen molar-refractivity contribution >= 4 is 58.4 Å². The molecule has 1 fully saturated rings. The monoisotopic (exact) mass is 433 g/mol. The van der Waals surface area contributed by atoms with Crippen molar-refractivity contribution in [2.24, 2.45) is 0 Å². The van der Waals surface area contributed by atoms with Crippen LogP contribution in [0.25, 0.3) is 10.9 Å². The average Bonchev–Trinajstić information content (AvgIpc) is 3.20. The number of nitriles is 1. The van der Waals surface area contributed by atoms with E-state index in [0.717, 1.165) is 30.4 Å². The number of fused-ring (bicyclic) bond motifs is 1. The lowest BCUT2D eigenvalue weighted by molar-refractivity contribution is -0.104. The third-order valence-electron chi connectivity index (χ3n) is 4.59. The number of likely N-dealkylation sites (N-methyl/N-ethyl adjacent to an activating group) is 1. The molecule has 146 valence electrons. The average molecular weight is 434 g/mol. The molecule has 28 heavy (non-hydrogen) atoms. The normalized spacial score (nSPS) is 18.2. The molecule has 0 amide bonds. The van der Waals surface area contributed by atoms with Crippen molar-refractivity contribution in [1.82, 2.24) is 13.6 Å². The van der Waals surface area contributed by atoms with Gasteiger partial charge in [0.1, 0.15) is 16.7 Å². The summed E-state index contributed by atoms with van der Waals surface area (Å²) in [6.45, 7) is 1.95. The maximum Gasteiger partial charge on any atom is 0.163 e. The number of carbonyl (C=O) groups is 1. The topological polar surface area (TPSA) is 72.3 Å². The molecular formula is C19H20ClN5OS2. The Morgan fingerprint density at radius 2 is 2.32 bits per heavy atom. The molecule has 0 aliphatic carbocycles. The first-order valence-corrected chi connectivity index (χ1v) is 11.0. The molecule has 0 bridgehead atoms. The molecule has 1 N–H and O–H groups in total. The van der Waals surface area contributed by atoms with Crippen LogP contribution >= 0.6 is 35.5 Å². The molecule has 2 heterocycles. The van der Waals surface area contributed by atoms with Crippen LogP contribution in [0.1, 0.15) is 6.42 Å². The lowest BCUT2D eigenvalue weighted by atomic mass is 10.2. The highest BCUT2D eigenvalue weighted by atomic mass is 35.5. The number of nitrogens with zero attached hydrogens (tertiary/aromatic N) is 4. The lowest BCUT2D eigenvalue weighted by Gasteiger charge is -2.25. The van der Waals surface area contributed by atoms with Gasteiger partial charge in [-0.05, 0) is 55.9 Å². The number of benzene rings is 1. The molecule has 1 unspecified atom stereocenters. The van der Waals surface area contributed by atoms with Crippen LogP contribution in [0.3, 0.4) is 0 Å². The van der Waals surface area contributed by atoms with Crippen molar-refractivity contribution < 1.29 is 4.79 Å². The molecule has 0 saturated carbocycles. The number of hydrogen-bond donors (Lipinski definition) is 1. The van der Waals surface area contributed by atoms with Crippen LogP contribution in [0.2, 0.25) is 5.02 Å². The fourth-order valence-corrected chi connectivity index (χ4v) is 4.80. The molecule has 1 atom stereocenters. The summed E-state index contributed by atoms with van der Waals surface area (Å²) < 4.78 is 4.40. The Bertz CT molecular complexity index is 946. The van der Waals surface area contributed by atoms with Gasteiger partial charge in [0.25, 0.3) is 0 Å². The van der Waals surface area contributed by atoms with Gasteiger partial charge >= 0.3 is 0 Å². The summed E-state index contributed by atoms with van der Waals surface area (Å²) in [5.41, 5.74) is 1.45. The number of hydrogen-bond acceptors (Lipinski definition) is 8. The fraction of sp³-hybridized carbons (Fsp3) is 0.316. The number of carbonyl (C=O) groups excluding carboxylic acids is 1. The molecule has 1 aromatic heterocycles. The number of rotatable bonds is 7. The largest absolute Gasteiger partial charge is 0.346 e. The van der Waals surface area contributed by atoms with Gasteiger partial charge < -0.3 is 5.32 Å². The fourth-order valence-electron chi connectivity index (χ4n) is 3.03. The van der Waals surface area contributed by atoms with Crippen molar-refractivity contribution in [1.29, 1.82) is 5.26 Å². The quantitative estimate of drug-likeness (QED) is 0.302. The molecule has 2 aromatic rings. The van der Waals surface area contributed by atoms with Gasteiger partial charge in [-0.1, -0.05) is 23.5 Å². The molecule has 0 radical (unpaired) electrons. The highest BCUT2D eigenvalue weighted by Gasteiger charge is 2.27. The van der Waals surface area contributed by atoms with E-state index in [0.29, 0.717) is 28.1 Å². The smallest absolute Gasteiger partial charge is 0.163 e. The van der Waals surface area contributed by atoms with Crippen LogP contribution < -0.4 is 5.32 Å². The van der Waals surface area contributed by atoms with E-state index in [4.69, 9.17) is 11.6 Å². The van der Waals surface area contributed by atoms with Crippen LogP contribution in [0.4, 0.5) is 5.69 Å². The summed E-state index contributed by atoms with van der Waals surface area (Å²) in [6, 6.07) is 9.63. The van der Waals surface area contributed by atoms with Crippen LogP contribution in [-0.2, 0) is 4.79 Å². The summed E-state index contributed by atoms with van der Waals surface area (Å²) in [5, 5.41) is 14.5. The van der Waals surface area contributed by atoms with Crippen LogP contribution in [-0.4, -0.2) is 52.3 Å². The summed E-state index contributed by atoms with van der Waals surface area (Å²) in [5.74, 6) is 0. The standard InChI is InChI=1S/C19H20ClN5OS2/c1-24(14-7-9-25(11-14)27-2)28-19(13(10-21)12-26)23-18-15-4-3-8-22-17(15)6-5-16(18)20/h3-6,8,12,14,23H,7,9,11H2,1-2H3/b19-13-. The van der Waals surface area contributed by atoms with E-state index in [1.54, 1.807) is 24.2 Å². The van der Waals surface area contributed by atoms with E-state index in [1.165, 1.54) is 11.9 Å². The second-order valence-corrected chi connectivity index (χ2v) is 8.70. The minimum absolute atomic E-state index is 0.0357. The van der Waals surface area contributed by atoms with E-state index in [9.17, 15) is 10.1 Å².